The Bertz CT molecular complexity index is 432. The van der Waals surface area contributed by atoms with Gasteiger partial charge in [0, 0.05) is 32.2 Å². The molecular weight excluding hydrogens is 240 g/mol. The Hall–Kier alpha value is -1.39. The fourth-order valence-electron chi connectivity index (χ4n) is 2.67. The summed E-state index contributed by atoms with van der Waals surface area (Å²) in [6, 6.07) is 7.83. The Morgan fingerprint density at radius 1 is 1.53 bits per heavy atom. The molecule has 0 radical (unpaired) electrons. The first-order valence-electron chi connectivity index (χ1n) is 6.97. The zero-order valence-electron chi connectivity index (χ0n) is 11.4. The van der Waals surface area contributed by atoms with Crippen LogP contribution < -0.4 is 5.32 Å². The molecule has 0 bridgehead atoms. The number of carboxylic acid groups (broad SMARTS) is 1. The van der Waals surface area contributed by atoms with Gasteiger partial charge in [-0.3, -0.25) is 4.90 Å². The van der Waals surface area contributed by atoms with E-state index in [9.17, 15) is 4.79 Å². The Labute approximate surface area is 114 Å². The van der Waals surface area contributed by atoms with Crippen molar-refractivity contribution in [2.45, 2.75) is 32.4 Å². The summed E-state index contributed by atoms with van der Waals surface area (Å²) in [7, 11) is 0. The number of carboxylic acids is 1. The van der Waals surface area contributed by atoms with Crippen molar-refractivity contribution >= 4 is 5.97 Å². The van der Waals surface area contributed by atoms with Gasteiger partial charge in [0.2, 0.25) is 0 Å². The van der Waals surface area contributed by atoms with E-state index in [-0.39, 0.29) is 0 Å². The van der Waals surface area contributed by atoms with E-state index >= 15 is 0 Å². The fraction of sp³-hybridized carbons (Fsp3) is 0.533. The molecule has 1 aliphatic heterocycles. The van der Waals surface area contributed by atoms with Gasteiger partial charge in [0.05, 0.1) is 5.56 Å². The van der Waals surface area contributed by atoms with Gasteiger partial charge in [0.1, 0.15) is 0 Å². The molecule has 0 amide bonds. The van der Waals surface area contributed by atoms with Crippen LogP contribution in [-0.2, 0) is 6.54 Å². The number of aromatic carboxylic acids is 1. The standard InChI is InChI=1S/C15H22N2O2/c1-2-4-14-10-16-7-8-17(14)11-12-5-3-6-13(9-12)15(18)19/h3,5-6,9,14,16H,2,4,7-8,10-11H2,1H3,(H,18,19)/t14-/m1/s1. The third-order valence-corrected chi connectivity index (χ3v) is 3.65. The monoisotopic (exact) mass is 262 g/mol. The average Bonchev–Trinajstić information content (AvgIpc) is 2.41. The molecule has 2 rings (SSSR count). The molecule has 0 saturated carbocycles. The lowest BCUT2D eigenvalue weighted by Crippen LogP contribution is -2.50. The zero-order valence-corrected chi connectivity index (χ0v) is 11.4. The normalized spacial score (nSPS) is 20.4. The molecule has 0 spiro atoms. The maximum absolute atomic E-state index is 11.0. The average molecular weight is 262 g/mol. The molecule has 0 unspecified atom stereocenters. The van der Waals surface area contributed by atoms with Crippen LogP contribution in [0.3, 0.4) is 0 Å². The number of hydrogen-bond acceptors (Lipinski definition) is 3. The van der Waals surface area contributed by atoms with Gasteiger partial charge >= 0.3 is 5.97 Å². The van der Waals surface area contributed by atoms with Crippen LogP contribution in [-0.4, -0.2) is 41.7 Å². The summed E-state index contributed by atoms with van der Waals surface area (Å²) in [5.74, 6) is -0.854. The number of nitrogens with zero attached hydrogens (tertiary/aromatic N) is 1. The summed E-state index contributed by atoms with van der Waals surface area (Å²) in [6.45, 7) is 6.12. The molecule has 19 heavy (non-hydrogen) atoms. The topological polar surface area (TPSA) is 52.6 Å². The van der Waals surface area contributed by atoms with E-state index in [0.29, 0.717) is 11.6 Å². The van der Waals surface area contributed by atoms with E-state index in [1.165, 1.54) is 12.8 Å². The van der Waals surface area contributed by atoms with Gasteiger partial charge in [-0.1, -0.05) is 25.5 Å². The lowest BCUT2D eigenvalue weighted by molar-refractivity contribution is 0.0696. The Kier molecular flexibility index (Phi) is 4.93. The molecular formula is C15H22N2O2. The van der Waals surface area contributed by atoms with Gasteiger partial charge in [-0.05, 0) is 24.1 Å². The molecule has 4 heteroatoms. The van der Waals surface area contributed by atoms with Gasteiger partial charge in [0.15, 0.2) is 0 Å². The molecule has 1 aromatic carbocycles. The highest BCUT2D eigenvalue weighted by Gasteiger charge is 2.21. The number of piperazine rings is 1. The van der Waals surface area contributed by atoms with Crippen molar-refractivity contribution in [1.82, 2.24) is 10.2 Å². The number of hydrogen-bond donors (Lipinski definition) is 2. The van der Waals surface area contributed by atoms with E-state index in [0.717, 1.165) is 31.7 Å². The molecule has 0 aliphatic carbocycles. The SMILES string of the molecule is CCC[C@@H]1CNCCN1Cc1cccc(C(=O)O)c1. The van der Waals surface area contributed by atoms with Gasteiger partial charge in [-0.15, -0.1) is 0 Å². The smallest absolute Gasteiger partial charge is 0.335 e. The summed E-state index contributed by atoms with van der Waals surface area (Å²) in [4.78, 5) is 13.4. The molecule has 1 heterocycles. The summed E-state index contributed by atoms with van der Waals surface area (Å²) >= 11 is 0. The quantitative estimate of drug-likeness (QED) is 0.851. The molecule has 104 valence electrons. The Balaban J connectivity index is 2.06. The van der Waals surface area contributed by atoms with E-state index in [2.05, 4.69) is 17.1 Å². The maximum atomic E-state index is 11.0. The predicted molar refractivity (Wildman–Crippen MR) is 75.4 cm³/mol. The van der Waals surface area contributed by atoms with E-state index in [1.54, 1.807) is 12.1 Å². The zero-order chi connectivity index (χ0) is 13.7. The van der Waals surface area contributed by atoms with Crippen LogP contribution in [0.25, 0.3) is 0 Å². The van der Waals surface area contributed by atoms with Gasteiger partial charge < -0.3 is 10.4 Å². The van der Waals surface area contributed by atoms with Crippen molar-refractivity contribution < 1.29 is 9.90 Å². The second-order valence-corrected chi connectivity index (χ2v) is 5.12. The number of carbonyl (C=O) groups is 1. The number of nitrogens with one attached hydrogen (secondary N) is 1. The van der Waals surface area contributed by atoms with Crippen molar-refractivity contribution in [2.24, 2.45) is 0 Å². The predicted octanol–water partition coefficient (Wildman–Crippen LogP) is 1.96. The Morgan fingerprint density at radius 2 is 2.37 bits per heavy atom. The van der Waals surface area contributed by atoms with Gasteiger partial charge in [0.25, 0.3) is 0 Å². The fourth-order valence-corrected chi connectivity index (χ4v) is 2.67. The third-order valence-electron chi connectivity index (χ3n) is 3.65. The van der Waals surface area contributed by atoms with Crippen molar-refractivity contribution in [3.05, 3.63) is 35.4 Å². The molecule has 1 aliphatic rings. The first kappa shape index (κ1) is 14.0. The third kappa shape index (κ3) is 3.78. The minimum atomic E-state index is -0.854. The second kappa shape index (κ2) is 6.68. The van der Waals surface area contributed by atoms with E-state index < -0.39 is 5.97 Å². The van der Waals surface area contributed by atoms with Gasteiger partial charge in [-0.25, -0.2) is 4.79 Å². The minimum absolute atomic E-state index is 0.375. The van der Waals surface area contributed by atoms with Crippen LogP contribution in [0.2, 0.25) is 0 Å². The molecule has 0 aromatic heterocycles. The lowest BCUT2D eigenvalue weighted by atomic mass is 10.1. The van der Waals surface area contributed by atoms with Crippen LogP contribution >= 0.6 is 0 Å². The molecule has 2 N–H and O–H groups in total. The van der Waals surface area contributed by atoms with Crippen molar-refractivity contribution in [3.63, 3.8) is 0 Å². The van der Waals surface area contributed by atoms with E-state index in [4.69, 9.17) is 5.11 Å². The van der Waals surface area contributed by atoms with Crippen molar-refractivity contribution in [1.29, 1.82) is 0 Å². The molecule has 1 saturated heterocycles. The largest absolute Gasteiger partial charge is 0.478 e. The summed E-state index contributed by atoms with van der Waals surface area (Å²) in [6.07, 6.45) is 2.36. The lowest BCUT2D eigenvalue weighted by Gasteiger charge is -2.36. The second-order valence-electron chi connectivity index (χ2n) is 5.12. The first-order chi connectivity index (χ1) is 9.20. The maximum Gasteiger partial charge on any atom is 0.335 e. The first-order valence-corrected chi connectivity index (χ1v) is 6.97. The van der Waals surface area contributed by atoms with Crippen LogP contribution in [0.4, 0.5) is 0 Å². The summed E-state index contributed by atoms with van der Waals surface area (Å²) in [5.41, 5.74) is 1.46. The van der Waals surface area contributed by atoms with Crippen LogP contribution in [0.5, 0.6) is 0 Å². The highest BCUT2D eigenvalue weighted by atomic mass is 16.4. The molecule has 1 aromatic rings. The molecule has 1 fully saturated rings. The summed E-state index contributed by atoms with van der Waals surface area (Å²) in [5, 5.41) is 12.5. The van der Waals surface area contributed by atoms with Gasteiger partial charge in [-0.2, -0.15) is 0 Å². The molecule has 1 atom stereocenters. The van der Waals surface area contributed by atoms with Crippen molar-refractivity contribution in [2.75, 3.05) is 19.6 Å². The number of rotatable bonds is 5. The highest BCUT2D eigenvalue weighted by molar-refractivity contribution is 5.87. The summed E-state index contributed by atoms with van der Waals surface area (Å²) < 4.78 is 0. The van der Waals surface area contributed by atoms with Crippen LogP contribution in [0, 0.1) is 0 Å². The van der Waals surface area contributed by atoms with Crippen molar-refractivity contribution in [3.8, 4) is 0 Å². The highest BCUT2D eigenvalue weighted by Crippen LogP contribution is 2.15. The van der Waals surface area contributed by atoms with Crippen LogP contribution in [0.15, 0.2) is 24.3 Å². The van der Waals surface area contributed by atoms with Crippen LogP contribution in [0.1, 0.15) is 35.7 Å². The Morgan fingerprint density at radius 3 is 3.11 bits per heavy atom. The minimum Gasteiger partial charge on any atom is -0.478 e. The number of benzene rings is 1. The van der Waals surface area contributed by atoms with E-state index in [1.807, 2.05) is 12.1 Å². The molecule has 4 nitrogen and oxygen atoms in total.